The van der Waals surface area contributed by atoms with E-state index in [0.29, 0.717) is 11.0 Å². The Morgan fingerprint density at radius 3 is 2.24 bits per heavy atom. The molecule has 9 heteroatoms. The molecule has 0 aliphatic rings. The minimum absolute atomic E-state index is 0.213. The van der Waals surface area contributed by atoms with E-state index in [1.54, 1.807) is 0 Å². The van der Waals surface area contributed by atoms with Crippen LogP contribution in [0.2, 0.25) is 0 Å². The van der Waals surface area contributed by atoms with Crippen LogP contribution in [-0.4, -0.2) is 23.1 Å². The highest BCUT2D eigenvalue weighted by Gasteiger charge is 2.23. The van der Waals surface area contributed by atoms with Crippen LogP contribution < -0.4 is 10.3 Å². The van der Waals surface area contributed by atoms with Crippen LogP contribution in [0.1, 0.15) is 0 Å². The van der Waals surface area contributed by atoms with Crippen LogP contribution >= 0.6 is 0 Å². The van der Waals surface area contributed by atoms with Crippen molar-refractivity contribution in [2.24, 2.45) is 0 Å². The Balaban J connectivity index is 2.06. The largest absolute Gasteiger partial charge is 0.423 e. The number of sulfone groups is 1. The zero-order chi connectivity index (χ0) is 18.2. The number of fused-ring (bicyclic) bond motifs is 1. The Morgan fingerprint density at radius 1 is 0.880 bits per heavy atom. The average molecular weight is 379 g/mol. The van der Waals surface area contributed by atoms with Crippen LogP contribution in [0.5, 0.6) is 0 Å². The number of rotatable bonds is 4. The fourth-order valence-electron chi connectivity index (χ4n) is 2.32. The summed E-state index contributed by atoms with van der Waals surface area (Å²) >= 11 is 0. The molecule has 0 fully saturated rings. The van der Waals surface area contributed by atoms with Gasteiger partial charge in [0.25, 0.3) is 10.0 Å². The fourth-order valence-corrected chi connectivity index (χ4v) is 5.00. The van der Waals surface area contributed by atoms with Crippen LogP contribution in [0.3, 0.4) is 0 Å². The van der Waals surface area contributed by atoms with Crippen molar-refractivity contribution in [3.05, 3.63) is 65.0 Å². The third-order valence-corrected chi connectivity index (χ3v) is 6.13. The van der Waals surface area contributed by atoms with Crippen LogP contribution in [-0.2, 0) is 19.9 Å². The Labute approximate surface area is 143 Å². The molecule has 3 aromatic rings. The smallest absolute Gasteiger partial charge is 0.336 e. The highest BCUT2D eigenvalue weighted by Crippen LogP contribution is 2.25. The molecule has 0 aliphatic heterocycles. The minimum atomic E-state index is -4.13. The molecule has 25 heavy (non-hydrogen) atoms. The van der Waals surface area contributed by atoms with Crippen molar-refractivity contribution in [3.8, 4) is 0 Å². The summed E-state index contributed by atoms with van der Waals surface area (Å²) in [5.74, 6) is 0. The second-order valence-corrected chi connectivity index (χ2v) is 8.97. The Kier molecular flexibility index (Phi) is 4.13. The van der Waals surface area contributed by atoms with Gasteiger partial charge in [0, 0.05) is 23.4 Å². The van der Waals surface area contributed by atoms with Gasteiger partial charge in [-0.05, 0) is 36.4 Å². The van der Waals surface area contributed by atoms with Gasteiger partial charge in [-0.3, -0.25) is 4.72 Å². The van der Waals surface area contributed by atoms with E-state index in [0.717, 1.165) is 6.26 Å². The summed E-state index contributed by atoms with van der Waals surface area (Å²) < 4.78 is 56.2. The topological polar surface area (TPSA) is 111 Å². The molecule has 0 amide bonds. The van der Waals surface area contributed by atoms with Crippen LogP contribution in [0, 0.1) is 0 Å². The number of sulfonamides is 1. The van der Waals surface area contributed by atoms with Gasteiger partial charge in [-0.2, -0.15) is 0 Å². The first-order chi connectivity index (χ1) is 11.7. The van der Waals surface area contributed by atoms with Gasteiger partial charge in [0.2, 0.25) is 0 Å². The molecule has 0 spiro atoms. The maximum Gasteiger partial charge on any atom is 0.336 e. The molecule has 7 nitrogen and oxygen atoms in total. The van der Waals surface area contributed by atoms with Crippen LogP contribution in [0.25, 0.3) is 11.0 Å². The van der Waals surface area contributed by atoms with Crippen molar-refractivity contribution in [2.75, 3.05) is 11.0 Å². The molecule has 0 radical (unpaired) electrons. The van der Waals surface area contributed by atoms with Crippen molar-refractivity contribution < 1.29 is 21.3 Å². The molecule has 2 aromatic carbocycles. The van der Waals surface area contributed by atoms with E-state index >= 15 is 0 Å². The van der Waals surface area contributed by atoms with Gasteiger partial charge in [0.05, 0.1) is 4.90 Å². The third-order valence-electron chi connectivity index (χ3n) is 3.41. The molecular formula is C16H13NO6S2. The van der Waals surface area contributed by atoms with Gasteiger partial charge in [0.1, 0.15) is 10.5 Å². The normalized spacial score (nSPS) is 12.2. The Bertz CT molecular complexity index is 1230. The third kappa shape index (κ3) is 3.57. The second-order valence-electron chi connectivity index (χ2n) is 5.33. The summed E-state index contributed by atoms with van der Waals surface area (Å²) in [4.78, 5) is 10.6. The molecule has 1 aromatic heterocycles. The van der Waals surface area contributed by atoms with Crippen molar-refractivity contribution in [1.29, 1.82) is 0 Å². The minimum Gasteiger partial charge on any atom is -0.423 e. The van der Waals surface area contributed by atoms with Crippen LogP contribution in [0.15, 0.2) is 73.6 Å². The first-order valence-electron chi connectivity index (χ1n) is 7.03. The highest BCUT2D eigenvalue weighted by atomic mass is 32.2. The quantitative estimate of drug-likeness (QED) is 0.694. The van der Waals surface area contributed by atoms with E-state index in [1.807, 2.05) is 0 Å². The van der Waals surface area contributed by atoms with Crippen molar-refractivity contribution in [1.82, 2.24) is 0 Å². The lowest BCUT2D eigenvalue weighted by Crippen LogP contribution is -2.16. The Morgan fingerprint density at radius 2 is 1.56 bits per heavy atom. The van der Waals surface area contributed by atoms with Gasteiger partial charge in [0.15, 0.2) is 9.84 Å². The maximum atomic E-state index is 12.6. The monoisotopic (exact) mass is 379 g/mol. The summed E-state index contributed by atoms with van der Waals surface area (Å²) in [5, 5.41) is 0.524. The van der Waals surface area contributed by atoms with E-state index in [2.05, 4.69) is 4.72 Å². The molecule has 3 rings (SSSR count). The van der Waals surface area contributed by atoms with Crippen molar-refractivity contribution >= 4 is 36.5 Å². The number of hydrogen-bond donors (Lipinski definition) is 1. The fraction of sp³-hybridized carbons (Fsp3) is 0.0625. The number of hydrogen-bond acceptors (Lipinski definition) is 6. The van der Waals surface area contributed by atoms with Gasteiger partial charge >= 0.3 is 5.63 Å². The number of anilines is 1. The molecule has 130 valence electrons. The van der Waals surface area contributed by atoms with Gasteiger partial charge in [-0.25, -0.2) is 21.6 Å². The van der Waals surface area contributed by atoms with Crippen molar-refractivity contribution in [3.63, 3.8) is 0 Å². The Hall–Kier alpha value is -2.65. The maximum absolute atomic E-state index is 12.6. The number of benzene rings is 2. The summed E-state index contributed by atoms with van der Waals surface area (Å²) in [5.41, 5.74) is 0.0135. The van der Waals surface area contributed by atoms with E-state index < -0.39 is 25.5 Å². The molecule has 0 saturated heterocycles. The molecule has 1 heterocycles. The molecule has 0 atom stereocenters. The molecule has 1 N–H and O–H groups in total. The zero-order valence-corrected chi connectivity index (χ0v) is 14.6. The average Bonchev–Trinajstić information content (AvgIpc) is 2.54. The van der Waals surface area contributed by atoms with E-state index in [9.17, 15) is 21.6 Å². The summed E-state index contributed by atoms with van der Waals surface area (Å²) in [6.07, 6.45) is 0.944. The lowest BCUT2D eigenvalue weighted by molar-refractivity contribution is 0.561. The lowest BCUT2D eigenvalue weighted by Gasteiger charge is -2.11. The summed E-state index contributed by atoms with van der Waals surface area (Å²) in [6.45, 7) is 0. The van der Waals surface area contributed by atoms with Crippen LogP contribution in [0.4, 0.5) is 5.69 Å². The zero-order valence-electron chi connectivity index (χ0n) is 13.0. The lowest BCUT2D eigenvalue weighted by atomic mass is 10.2. The van der Waals surface area contributed by atoms with Gasteiger partial charge in [-0.15, -0.1) is 0 Å². The first kappa shape index (κ1) is 17.2. The summed E-state index contributed by atoms with van der Waals surface area (Å²) in [6, 6.07) is 12.4. The number of nitrogens with one attached hydrogen (secondary N) is 1. The van der Waals surface area contributed by atoms with E-state index in [-0.39, 0.29) is 15.5 Å². The highest BCUT2D eigenvalue weighted by molar-refractivity contribution is 7.95. The van der Waals surface area contributed by atoms with Gasteiger partial charge < -0.3 is 4.42 Å². The predicted molar refractivity (Wildman–Crippen MR) is 92.8 cm³/mol. The first-order valence-corrected chi connectivity index (χ1v) is 10.4. The molecule has 0 saturated carbocycles. The van der Waals surface area contributed by atoms with Crippen molar-refractivity contribution in [2.45, 2.75) is 9.79 Å². The molecule has 0 bridgehead atoms. The summed E-state index contributed by atoms with van der Waals surface area (Å²) in [7, 11) is -7.84. The van der Waals surface area contributed by atoms with E-state index in [1.165, 1.54) is 54.6 Å². The van der Waals surface area contributed by atoms with E-state index in [4.69, 9.17) is 4.42 Å². The predicted octanol–water partition coefficient (Wildman–Crippen LogP) is 2.00. The van der Waals surface area contributed by atoms with Gasteiger partial charge in [-0.1, -0.05) is 12.1 Å². The molecule has 0 unspecified atom stereocenters. The molecular weight excluding hydrogens is 366 g/mol. The SMILES string of the molecule is CS(=O)(=O)c1ccccc1S(=O)(=O)Nc1ccc2oc(=O)ccc2c1. The standard InChI is InChI=1S/C16H13NO6S2/c1-24(19,20)14-4-2-3-5-15(14)25(21,22)17-12-7-8-13-11(10-12)6-9-16(18)23-13/h2-10,17H,1H3. The molecule has 0 aliphatic carbocycles. The second kappa shape index (κ2) is 6.01.